The number of aromatic nitrogens is 1. The van der Waals surface area contributed by atoms with Crippen LogP contribution >= 0.6 is 0 Å². The molecule has 0 aliphatic heterocycles. The average molecular weight is 232 g/mol. The molecule has 1 aromatic carbocycles. The number of rotatable bonds is 3. The molecule has 6 nitrogen and oxygen atoms in total. The van der Waals surface area contributed by atoms with Gasteiger partial charge in [-0.15, -0.1) is 0 Å². The van der Waals surface area contributed by atoms with Crippen molar-refractivity contribution in [1.82, 2.24) is 5.16 Å². The second kappa shape index (κ2) is 4.17. The van der Waals surface area contributed by atoms with Gasteiger partial charge >= 0.3 is 0 Å². The fourth-order valence-corrected chi connectivity index (χ4v) is 1.44. The van der Waals surface area contributed by atoms with Gasteiger partial charge in [0.2, 0.25) is 0 Å². The van der Waals surface area contributed by atoms with Crippen LogP contribution in [-0.4, -0.2) is 15.9 Å². The van der Waals surface area contributed by atoms with Crippen LogP contribution in [0.15, 0.2) is 35.1 Å². The largest absolute Gasteiger partial charge is 0.363 e. The van der Waals surface area contributed by atoms with Gasteiger partial charge in [-0.05, 0) is 19.1 Å². The van der Waals surface area contributed by atoms with Crippen LogP contribution in [-0.2, 0) is 0 Å². The number of hydrogen-bond acceptors (Lipinski definition) is 5. The summed E-state index contributed by atoms with van der Waals surface area (Å²) in [5.41, 5.74) is 1.35. The number of nitro benzene ring substituents is 1. The van der Waals surface area contributed by atoms with Gasteiger partial charge < -0.3 is 4.52 Å². The molecule has 0 N–H and O–H groups in total. The number of benzene rings is 1. The molecule has 17 heavy (non-hydrogen) atoms. The number of nitrogens with zero attached hydrogens (tertiary/aromatic N) is 2. The molecular weight excluding hydrogens is 224 g/mol. The lowest BCUT2D eigenvalue weighted by molar-refractivity contribution is -0.384. The third-order valence-corrected chi connectivity index (χ3v) is 2.30. The molecule has 0 radical (unpaired) electrons. The van der Waals surface area contributed by atoms with Crippen LogP contribution in [0.1, 0.15) is 17.3 Å². The molecule has 0 spiro atoms. The lowest BCUT2D eigenvalue weighted by Gasteiger charge is -1.97. The molecule has 0 saturated heterocycles. The van der Waals surface area contributed by atoms with E-state index >= 15 is 0 Å². The minimum absolute atomic E-state index is 0.0124. The van der Waals surface area contributed by atoms with Crippen molar-refractivity contribution >= 4 is 11.5 Å². The summed E-state index contributed by atoms with van der Waals surface area (Å²) in [4.78, 5) is 21.3. The van der Waals surface area contributed by atoms with E-state index < -0.39 is 4.92 Å². The van der Waals surface area contributed by atoms with Gasteiger partial charge in [-0.3, -0.25) is 14.9 Å². The molecule has 1 heterocycles. The maximum atomic E-state index is 11.3. The quantitative estimate of drug-likeness (QED) is 0.460. The van der Waals surface area contributed by atoms with Crippen molar-refractivity contribution in [2.45, 2.75) is 6.92 Å². The van der Waals surface area contributed by atoms with Crippen molar-refractivity contribution < 1.29 is 14.2 Å². The third kappa shape index (κ3) is 2.05. The van der Waals surface area contributed by atoms with E-state index in [-0.39, 0.29) is 11.5 Å². The Hall–Kier alpha value is -2.50. The Morgan fingerprint density at radius 1 is 1.35 bits per heavy atom. The summed E-state index contributed by atoms with van der Waals surface area (Å²) in [6, 6.07) is 5.77. The van der Waals surface area contributed by atoms with Gasteiger partial charge in [-0.1, -0.05) is 5.16 Å². The molecule has 0 unspecified atom stereocenters. The maximum absolute atomic E-state index is 11.3. The van der Waals surface area contributed by atoms with Crippen molar-refractivity contribution in [1.29, 1.82) is 0 Å². The molecule has 1 aromatic heterocycles. The van der Waals surface area contributed by atoms with E-state index in [2.05, 4.69) is 5.16 Å². The van der Waals surface area contributed by atoms with Crippen LogP contribution in [0.3, 0.4) is 0 Å². The first-order valence-corrected chi connectivity index (χ1v) is 4.79. The molecule has 0 bridgehead atoms. The molecule has 0 saturated carbocycles. The van der Waals surface area contributed by atoms with Gasteiger partial charge in [0.05, 0.1) is 10.5 Å². The zero-order valence-corrected chi connectivity index (χ0v) is 8.91. The number of carbonyl (C=O) groups excluding carboxylic acids is 1. The normalized spacial score (nSPS) is 10.2. The lowest BCUT2D eigenvalue weighted by Crippen LogP contribution is -1.93. The molecule has 0 aliphatic carbocycles. The average Bonchev–Trinajstić information content (AvgIpc) is 2.78. The maximum Gasteiger partial charge on any atom is 0.269 e. The first kappa shape index (κ1) is 11.0. The van der Waals surface area contributed by atoms with Crippen LogP contribution in [0.2, 0.25) is 0 Å². The van der Waals surface area contributed by atoms with E-state index in [1.54, 1.807) is 0 Å². The number of ketones is 1. The number of nitro groups is 1. The van der Waals surface area contributed by atoms with Crippen LogP contribution in [0.4, 0.5) is 5.69 Å². The Labute approximate surface area is 96.0 Å². The molecule has 0 aliphatic rings. The molecular formula is C11H8N2O4. The summed E-state index contributed by atoms with van der Waals surface area (Å²) in [6.45, 7) is 1.40. The molecule has 86 valence electrons. The standard InChI is InChI=1S/C11H8N2O4/c1-7(14)10-6-17-12-11(10)8-2-4-9(5-3-8)13(15)16/h2-6H,1H3. The first-order chi connectivity index (χ1) is 8.09. The van der Waals surface area contributed by atoms with Gasteiger partial charge in [0, 0.05) is 17.7 Å². The van der Waals surface area contributed by atoms with Crippen molar-refractivity contribution in [2.24, 2.45) is 0 Å². The Balaban J connectivity index is 2.43. The highest BCUT2D eigenvalue weighted by atomic mass is 16.6. The molecule has 0 atom stereocenters. The van der Waals surface area contributed by atoms with Crippen molar-refractivity contribution in [3.63, 3.8) is 0 Å². The van der Waals surface area contributed by atoms with E-state index in [0.717, 1.165) is 0 Å². The van der Waals surface area contributed by atoms with Crippen molar-refractivity contribution in [3.8, 4) is 11.3 Å². The van der Waals surface area contributed by atoms with Gasteiger partial charge in [-0.25, -0.2) is 0 Å². The molecule has 6 heteroatoms. The summed E-state index contributed by atoms with van der Waals surface area (Å²) < 4.78 is 4.73. The van der Waals surface area contributed by atoms with Gasteiger partial charge in [0.15, 0.2) is 5.78 Å². The molecule has 2 rings (SSSR count). The lowest BCUT2D eigenvalue weighted by atomic mass is 10.1. The zero-order valence-electron chi connectivity index (χ0n) is 8.91. The van der Waals surface area contributed by atoms with E-state index in [4.69, 9.17) is 4.52 Å². The number of non-ortho nitro benzene ring substituents is 1. The smallest absolute Gasteiger partial charge is 0.269 e. The number of Topliss-reactive ketones (excluding diaryl/α,β-unsaturated/α-hetero) is 1. The van der Waals surface area contributed by atoms with Gasteiger partial charge in [0.1, 0.15) is 12.0 Å². The van der Waals surface area contributed by atoms with Crippen molar-refractivity contribution in [3.05, 3.63) is 46.2 Å². The Morgan fingerprint density at radius 2 is 2.00 bits per heavy atom. The monoisotopic (exact) mass is 232 g/mol. The van der Waals surface area contributed by atoms with Crippen molar-refractivity contribution in [2.75, 3.05) is 0 Å². The Kier molecular flexibility index (Phi) is 2.70. The SMILES string of the molecule is CC(=O)c1conc1-c1ccc([N+](=O)[O-])cc1. The number of carbonyl (C=O) groups is 1. The predicted molar refractivity (Wildman–Crippen MR) is 58.6 cm³/mol. The summed E-state index contributed by atoms with van der Waals surface area (Å²) in [5.74, 6) is -0.167. The van der Waals surface area contributed by atoms with E-state index in [1.165, 1.54) is 37.5 Å². The Morgan fingerprint density at radius 3 is 2.53 bits per heavy atom. The van der Waals surface area contributed by atoms with E-state index in [1.807, 2.05) is 0 Å². The fourth-order valence-electron chi connectivity index (χ4n) is 1.44. The molecule has 2 aromatic rings. The minimum Gasteiger partial charge on any atom is -0.363 e. The second-order valence-corrected chi connectivity index (χ2v) is 3.44. The van der Waals surface area contributed by atoms with E-state index in [9.17, 15) is 14.9 Å². The number of hydrogen-bond donors (Lipinski definition) is 0. The zero-order chi connectivity index (χ0) is 12.4. The fraction of sp³-hybridized carbons (Fsp3) is 0.0909. The summed E-state index contributed by atoms with van der Waals surface area (Å²) in [5, 5.41) is 14.2. The second-order valence-electron chi connectivity index (χ2n) is 3.44. The highest BCUT2D eigenvalue weighted by Gasteiger charge is 2.14. The van der Waals surface area contributed by atoms with Crippen LogP contribution in [0, 0.1) is 10.1 Å². The van der Waals surface area contributed by atoms with Crippen LogP contribution in [0.5, 0.6) is 0 Å². The van der Waals surface area contributed by atoms with Gasteiger partial charge in [0.25, 0.3) is 5.69 Å². The summed E-state index contributed by atoms with van der Waals surface area (Å²) >= 11 is 0. The third-order valence-electron chi connectivity index (χ3n) is 2.30. The molecule has 0 amide bonds. The topological polar surface area (TPSA) is 86.2 Å². The van der Waals surface area contributed by atoms with Gasteiger partial charge in [-0.2, -0.15) is 0 Å². The molecule has 0 fully saturated rings. The summed E-state index contributed by atoms with van der Waals surface area (Å²) in [7, 11) is 0. The first-order valence-electron chi connectivity index (χ1n) is 4.79. The predicted octanol–water partition coefficient (Wildman–Crippen LogP) is 2.45. The van der Waals surface area contributed by atoms with Crippen LogP contribution < -0.4 is 0 Å². The summed E-state index contributed by atoms with van der Waals surface area (Å²) in [6.07, 6.45) is 1.26. The van der Waals surface area contributed by atoms with Crippen LogP contribution in [0.25, 0.3) is 11.3 Å². The van der Waals surface area contributed by atoms with E-state index in [0.29, 0.717) is 16.8 Å². The minimum atomic E-state index is -0.488. The highest BCUT2D eigenvalue weighted by molar-refractivity contribution is 5.99. The highest BCUT2D eigenvalue weighted by Crippen LogP contribution is 2.24. The Bertz CT molecular complexity index is 571.